The van der Waals surface area contributed by atoms with Crippen LogP contribution in [0.15, 0.2) is 0 Å². The van der Waals surface area contributed by atoms with Gasteiger partial charge in [0.2, 0.25) is 5.91 Å². The summed E-state index contributed by atoms with van der Waals surface area (Å²) in [6.45, 7) is 8.11. The smallest absolute Gasteiger partial charge is 0.236 e. The van der Waals surface area contributed by atoms with Crippen LogP contribution < -0.4 is 16.0 Å². The van der Waals surface area contributed by atoms with E-state index in [1.807, 2.05) is 18.7 Å². The Morgan fingerprint density at radius 2 is 2.19 bits per heavy atom. The van der Waals surface area contributed by atoms with Gasteiger partial charge in [0, 0.05) is 31.7 Å². The molecule has 1 aromatic heterocycles. The number of anilines is 1. The van der Waals surface area contributed by atoms with Crippen molar-refractivity contribution in [3.8, 4) is 0 Å². The van der Waals surface area contributed by atoms with Gasteiger partial charge in [-0.05, 0) is 25.7 Å². The minimum Gasteiger partial charge on any atom is -0.368 e. The molecule has 0 aromatic carbocycles. The van der Waals surface area contributed by atoms with Crippen molar-refractivity contribution in [3.05, 3.63) is 11.3 Å². The Kier molecular flexibility index (Phi) is 4.88. The summed E-state index contributed by atoms with van der Waals surface area (Å²) in [4.78, 5) is 13.5. The molecule has 1 aliphatic rings. The van der Waals surface area contributed by atoms with Crippen molar-refractivity contribution in [2.75, 3.05) is 18.0 Å². The van der Waals surface area contributed by atoms with Gasteiger partial charge in [-0.15, -0.1) is 0 Å². The molecule has 1 amide bonds. The fraction of sp³-hybridized carbons (Fsp3) is 0.733. The standard InChI is InChI=1S/C15H27N5O/c1-10(2)8-20(9-14(16)21)15-13(7-17-12-5-6-12)11(3)18-19(15)4/h10,12,17H,5-9H2,1-4H3,(H2,16,21). The van der Waals surface area contributed by atoms with Crippen LogP contribution in [-0.2, 0) is 18.4 Å². The zero-order valence-corrected chi connectivity index (χ0v) is 13.5. The lowest BCUT2D eigenvalue weighted by Crippen LogP contribution is -2.38. The van der Waals surface area contributed by atoms with Crippen LogP contribution in [0.25, 0.3) is 0 Å². The SMILES string of the molecule is Cc1nn(C)c(N(CC(N)=O)CC(C)C)c1CNC1CC1. The quantitative estimate of drug-likeness (QED) is 0.747. The van der Waals surface area contributed by atoms with Gasteiger partial charge < -0.3 is 16.0 Å². The second-order valence-electron chi connectivity index (χ2n) is 6.41. The Morgan fingerprint density at radius 3 is 2.71 bits per heavy atom. The van der Waals surface area contributed by atoms with Crippen LogP contribution >= 0.6 is 0 Å². The lowest BCUT2D eigenvalue weighted by atomic mass is 10.1. The predicted octanol–water partition coefficient (Wildman–Crippen LogP) is 0.928. The molecule has 0 radical (unpaired) electrons. The molecule has 1 fully saturated rings. The minimum atomic E-state index is -0.310. The molecule has 6 heteroatoms. The van der Waals surface area contributed by atoms with E-state index >= 15 is 0 Å². The summed E-state index contributed by atoms with van der Waals surface area (Å²) in [7, 11) is 1.93. The van der Waals surface area contributed by atoms with Gasteiger partial charge in [-0.25, -0.2) is 0 Å². The van der Waals surface area contributed by atoms with Crippen molar-refractivity contribution < 1.29 is 4.79 Å². The van der Waals surface area contributed by atoms with Crippen molar-refractivity contribution in [3.63, 3.8) is 0 Å². The summed E-state index contributed by atoms with van der Waals surface area (Å²) in [6, 6.07) is 0.646. The molecule has 0 bridgehead atoms. The lowest BCUT2D eigenvalue weighted by Gasteiger charge is -2.26. The first-order chi connectivity index (χ1) is 9.88. The molecule has 0 saturated heterocycles. The molecule has 1 aromatic rings. The average Bonchev–Trinajstić information content (AvgIpc) is 3.11. The predicted molar refractivity (Wildman–Crippen MR) is 84.1 cm³/mol. The van der Waals surface area contributed by atoms with Gasteiger partial charge in [0.15, 0.2) is 0 Å². The van der Waals surface area contributed by atoms with Gasteiger partial charge in [-0.3, -0.25) is 9.48 Å². The van der Waals surface area contributed by atoms with Gasteiger partial charge >= 0.3 is 0 Å². The van der Waals surface area contributed by atoms with Crippen LogP contribution in [0, 0.1) is 12.8 Å². The van der Waals surface area contributed by atoms with Crippen LogP contribution in [0.5, 0.6) is 0 Å². The number of nitrogens with two attached hydrogens (primary N) is 1. The summed E-state index contributed by atoms with van der Waals surface area (Å²) in [5.41, 5.74) is 7.61. The minimum absolute atomic E-state index is 0.230. The van der Waals surface area contributed by atoms with Crippen LogP contribution in [0.2, 0.25) is 0 Å². The van der Waals surface area contributed by atoms with Crippen molar-refractivity contribution in [2.24, 2.45) is 18.7 Å². The van der Waals surface area contributed by atoms with Gasteiger partial charge in [-0.2, -0.15) is 5.10 Å². The Balaban J connectivity index is 2.25. The van der Waals surface area contributed by atoms with Crippen molar-refractivity contribution in [1.29, 1.82) is 0 Å². The topological polar surface area (TPSA) is 76.2 Å². The molecule has 1 heterocycles. The number of nitrogens with zero attached hydrogens (tertiary/aromatic N) is 3. The highest BCUT2D eigenvalue weighted by atomic mass is 16.1. The highest BCUT2D eigenvalue weighted by molar-refractivity contribution is 5.79. The monoisotopic (exact) mass is 293 g/mol. The van der Waals surface area contributed by atoms with Crippen molar-refractivity contribution >= 4 is 11.7 Å². The number of aromatic nitrogens is 2. The zero-order chi connectivity index (χ0) is 15.6. The van der Waals surface area contributed by atoms with Crippen LogP contribution in [-0.4, -0.2) is 34.8 Å². The Labute approximate surface area is 126 Å². The third-order valence-corrected chi connectivity index (χ3v) is 3.69. The summed E-state index contributed by atoms with van der Waals surface area (Å²) < 4.78 is 1.87. The average molecular weight is 293 g/mol. The summed E-state index contributed by atoms with van der Waals surface area (Å²) >= 11 is 0. The summed E-state index contributed by atoms with van der Waals surface area (Å²) in [6.07, 6.45) is 2.51. The number of aryl methyl sites for hydroxylation is 2. The highest BCUT2D eigenvalue weighted by Crippen LogP contribution is 2.26. The number of amides is 1. The number of carbonyl (C=O) groups is 1. The normalized spacial score (nSPS) is 14.7. The molecule has 0 unspecified atom stereocenters. The van der Waals surface area contributed by atoms with E-state index in [2.05, 4.69) is 29.2 Å². The van der Waals surface area contributed by atoms with Gasteiger partial charge in [0.05, 0.1) is 12.2 Å². The number of hydrogen-bond acceptors (Lipinski definition) is 4. The van der Waals surface area contributed by atoms with E-state index in [4.69, 9.17) is 5.73 Å². The Hall–Kier alpha value is -1.56. The molecular formula is C15H27N5O. The molecule has 3 N–H and O–H groups in total. The fourth-order valence-electron chi connectivity index (χ4n) is 2.68. The summed E-state index contributed by atoms with van der Waals surface area (Å²) in [5, 5.41) is 8.06. The third kappa shape index (κ3) is 4.20. The molecule has 0 spiro atoms. The van der Waals surface area contributed by atoms with Crippen LogP contribution in [0.1, 0.15) is 37.9 Å². The fourth-order valence-corrected chi connectivity index (χ4v) is 2.68. The van der Waals surface area contributed by atoms with E-state index in [-0.39, 0.29) is 12.5 Å². The van der Waals surface area contributed by atoms with Gasteiger partial charge in [-0.1, -0.05) is 13.8 Å². The number of nitrogens with one attached hydrogen (secondary N) is 1. The van der Waals surface area contributed by atoms with E-state index in [0.717, 1.165) is 24.6 Å². The number of hydrogen-bond donors (Lipinski definition) is 2. The van der Waals surface area contributed by atoms with Crippen molar-refractivity contribution in [2.45, 2.75) is 46.2 Å². The van der Waals surface area contributed by atoms with E-state index in [0.29, 0.717) is 12.0 Å². The van der Waals surface area contributed by atoms with E-state index < -0.39 is 0 Å². The first-order valence-corrected chi connectivity index (χ1v) is 7.67. The molecule has 0 aliphatic heterocycles. The maximum Gasteiger partial charge on any atom is 0.236 e. The molecular weight excluding hydrogens is 266 g/mol. The molecule has 6 nitrogen and oxygen atoms in total. The third-order valence-electron chi connectivity index (χ3n) is 3.69. The van der Waals surface area contributed by atoms with E-state index in [1.165, 1.54) is 18.4 Å². The molecule has 21 heavy (non-hydrogen) atoms. The highest BCUT2D eigenvalue weighted by Gasteiger charge is 2.25. The first-order valence-electron chi connectivity index (χ1n) is 7.67. The number of primary amides is 1. The Morgan fingerprint density at radius 1 is 1.52 bits per heavy atom. The number of carbonyl (C=O) groups excluding carboxylic acids is 1. The first kappa shape index (κ1) is 15.8. The van der Waals surface area contributed by atoms with E-state index in [9.17, 15) is 4.79 Å². The maximum atomic E-state index is 11.4. The zero-order valence-electron chi connectivity index (χ0n) is 13.5. The lowest BCUT2D eigenvalue weighted by molar-refractivity contribution is -0.116. The molecule has 118 valence electrons. The maximum absolute atomic E-state index is 11.4. The summed E-state index contributed by atoms with van der Waals surface area (Å²) in [5.74, 6) is 1.15. The number of rotatable bonds is 8. The second-order valence-corrected chi connectivity index (χ2v) is 6.41. The van der Waals surface area contributed by atoms with Gasteiger partial charge in [0.25, 0.3) is 0 Å². The van der Waals surface area contributed by atoms with Crippen molar-refractivity contribution in [1.82, 2.24) is 15.1 Å². The second kappa shape index (κ2) is 6.47. The van der Waals surface area contributed by atoms with E-state index in [1.54, 1.807) is 0 Å². The molecule has 1 aliphatic carbocycles. The molecule has 0 atom stereocenters. The molecule has 1 saturated carbocycles. The largest absolute Gasteiger partial charge is 0.368 e. The molecule has 2 rings (SSSR count). The van der Waals surface area contributed by atoms with Crippen LogP contribution in [0.4, 0.5) is 5.82 Å². The van der Waals surface area contributed by atoms with Crippen LogP contribution in [0.3, 0.4) is 0 Å². The Bertz CT molecular complexity index is 504. The van der Waals surface area contributed by atoms with Gasteiger partial charge in [0.1, 0.15) is 5.82 Å².